The van der Waals surface area contributed by atoms with E-state index in [2.05, 4.69) is 41.4 Å². The molecule has 2 aromatic carbocycles. The highest BCUT2D eigenvalue weighted by Crippen LogP contribution is 2.31. The first kappa shape index (κ1) is 12.7. The topological polar surface area (TPSA) is 36.7 Å². The van der Waals surface area contributed by atoms with Crippen molar-refractivity contribution in [2.45, 2.75) is 16.8 Å². The first-order valence-corrected chi connectivity index (χ1v) is 7.12. The predicted octanol–water partition coefficient (Wildman–Crippen LogP) is 4.57. The highest BCUT2D eigenvalue weighted by Gasteiger charge is 2.08. The molecule has 3 rings (SSSR count). The number of pyridine rings is 1. The van der Waals surface area contributed by atoms with Crippen molar-refractivity contribution in [3.63, 3.8) is 0 Å². The molecule has 0 aliphatic heterocycles. The molecule has 0 aliphatic rings. The monoisotopic (exact) mass is 276 g/mol. The molecule has 20 heavy (non-hydrogen) atoms. The number of hydrogen-bond donors (Lipinski definition) is 0. The summed E-state index contributed by atoms with van der Waals surface area (Å²) in [4.78, 5) is 5.42. The van der Waals surface area contributed by atoms with Crippen molar-refractivity contribution in [2.24, 2.45) is 0 Å². The summed E-state index contributed by atoms with van der Waals surface area (Å²) >= 11 is 1.53. The maximum atomic E-state index is 9.25. The third kappa shape index (κ3) is 2.38. The summed E-state index contributed by atoms with van der Waals surface area (Å²) < 4.78 is 0. The van der Waals surface area contributed by atoms with Gasteiger partial charge >= 0.3 is 0 Å². The number of benzene rings is 2. The fourth-order valence-electron chi connectivity index (χ4n) is 2.09. The van der Waals surface area contributed by atoms with E-state index in [4.69, 9.17) is 0 Å². The summed E-state index contributed by atoms with van der Waals surface area (Å²) in [7, 11) is 0. The van der Waals surface area contributed by atoms with Crippen LogP contribution in [0, 0.1) is 18.3 Å². The Morgan fingerprint density at radius 2 is 1.85 bits per heavy atom. The van der Waals surface area contributed by atoms with E-state index in [1.807, 2.05) is 25.1 Å². The molecule has 0 atom stereocenters. The summed E-state index contributed by atoms with van der Waals surface area (Å²) in [5.74, 6) is 0. The van der Waals surface area contributed by atoms with Crippen molar-refractivity contribution in [3.8, 4) is 6.07 Å². The van der Waals surface area contributed by atoms with Gasteiger partial charge in [0.05, 0.1) is 5.56 Å². The average Bonchev–Trinajstić information content (AvgIpc) is 2.47. The molecule has 0 aliphatic carbocycles. The minimum absolute atomic E-state index is 0.658. The molecule has 1 aromatic heterocycles. The molecule has 3 heteroatoms. The van der Waals surface area contributed by atoms with Crippen LogP contribution in [-0.2, 0) is 0 Å². The lowest BCUT2D eigenvalue weighted by Crippen LogP contribution is -1.90. The van der Waals surface area contributed by atoms with Crippen molar-refractivity contribution in [1.29, 1.82) is 5.26 Å². The molecule has 0 saturated carbocycles. The molecule has 3 aromatic rings. The standard InChI is InChI=1S/C17H12N2S/c1-12-8-9-19-17(16(12)11-18)20-15-7-6-13-4-2-3-5-14(13)10-15/h2-10H,1H3. The van der Waals surface area contributed by atoms with Gasteiger partial charge in [-0.2, -0.15) is 5.26 Å². The second-order valence-electron chi connectivity index (χ2n) is 4.53. The lowest BCUT2D eigenvalue weighted by Gasteiger charge is -2.06. The lowest BCUT2D eigenvalue weighted by molar-refractivity contribution is 1.09. The van der Waals surface area contributed by atoms with Crippen molar-refractivity contribution in [1.82, 2.24) is 4.98 Å². The van der Waals surface area contributed by atoms with Crippen LogP contribution < -0.4 is 0 Å². The van der Waals surface area contributed by atoms with Crippen LogP contribution in [0.15, 0.2) is 64.6 Å². The van der Waals surface area contributed by atoms with Crippen LogP contribution in [0.3, 0.4) is 0 Å². The van der Waals surface area contributed by atoms with Crippen LogP contribution in [0.4, 0.5) is 0 Å². The minimum Gasteiger partial charge on any atom is -0.248 e. The lowest BCUT2D eigenvalue weighted by atomic mass is 10.1. The maximum absolute atomic E-state index is 9.25. The molecule has 0 fully saturated rings. The molecular formula is C17H12N2S. The quantitative estimate of drug-likeness (QED) is 0.688. The van der Waals surface area contributed by atoms with Crippen molar-refractivity contribution < 1.29 is 0 Å². The van der Waals surface area contributed by atoms with Gasteiger partial charge in [-0.3, -0.25) is 0 Å². The first-order chi connectivity index (χ1) is 9.78. The average molecular weight is 276 g/mol. The number of fused-ring (bicyclic) bond motifs is 1. The van der Waals surface area contributed by atoms with Gasteiger partial charge in [0.1, 0.15) is 11.1 Å². The van der Waals surface area contributed by atoms with E-state index in [9.17, 15) is 5.26 Å². The molecule has 0 unspecified atom stereocenters. The molecular weight excluding hydrogens is 264 g/mol. The van der Waals surface area contributed by atoms with E-state index in [0.717, 1.165) is 15.5 Å². The SMILES string of the molecule is Cc1ccnc(Sc2ccc3ccccc3c2)c1C#N. The highest BCUT2D eigenvalue weighted by atomic mass is 32.2. The Kier molecular flexibility index (Phi) is 3.41. The molecule has 0 bridgehead atoms. The predicted molar refractivity (Wildman–Crippen MR) is 81.8 cm³/mol. The van der Waals surface area contributed by atoms with Gasteiger partial charge in [0.25, 0.3) is 0 Å². The largest absolute Gasteiger partial charge is 0.248 e. The Morgan fingerprint density at radius 3 is 2.65 bits per heavy atom. The van der Waals surface area contributed by atoms with Gasteiger partial charge in [-0.1, -0.05) is 42.1 Å². The van der Waals surface area contributed by atoms with Crippen LogP contribution in [0.1, 0.15) is 11.1 Å². The zero-order chi connectivity index (χ0) is 13.9. The van der Waals surface area contributed by atoms with Gasteiger partial charge in [-0.05, 0) is 41.5 Å². The number of nitrogens with zero attached hydrogens (tertiary/aromatic N) is 2. The van der Waals surface area contributed by atoms with Crippen molar-refractivity contribution >= 4 is 22.5 Å². The normalized spacial score (nSPS) is 10.4. The number of aromatic nitrogens is 1. The second kappa shape index (κ2) is 5.36. The molecule has 0 spiro atoms. The summed E-state index contributed by atoms with van der Waals surface area (Å²) in [5, 5.41) is 12.4. The summed E-state index contributed by atoms with van der Waals surface area (Å²) in [6.07, 6.45) is 1.75. The first-order valence-electron chi connectivity index (χ1n) is 6.30. The van der Waals surface area contributed by atoms with Crippen molar-refractivity contribution in [3.05, 3.63) is 65.9 Å². The molecule has 0 saturated heterocycles. The van der Waals surface area contributed by atoms with Gasteiger partial charge in [-0.25, -0.2) is 4.98 Å². The molecule has 0 N–H and O–H groups in total. The number of hydrogen-bond acceptors (Lipinski definition) is 3. The highest BCUT2D eigenvalue weighted by molar-refractivity contribution is 7.99. The number of nitriles is 1. The van der Waals surface area contributed by atoms with E-state index in [-0.39, 0.29) is 0 Å². The fraction of sp³-hybridized carbons (Fsp3) is 0.0588. The van der Waals surface area contributed by atoms with Gasteiger partial charge in [0.15, 0.2) is 0 Å². The fourth-order valence-corrected chi connectivity index (χ4v) is 3.06. The Bertz CT molecular complexity index is 819. The van der Waals surface area contributed by atoms with Crippen LogP contribution in [0.2, 0.25) is 0 Å². The maximum Gasteiger partial charge on any atom is 0.119 e. The van der Waals surface area contributed by atoms with E-state index in [0.29, 0.717) is 5.56 Å². The van der Waals surface area contributed by atoms with Crippen LogP contribution in [-0.4, -0.2) is 4.98 Å². The van der Waals surface area contributed by atoms with E-state index in [1.165, 1.54) is 22.5 Å². The van der Waals surface area contributed by atoms with Crippen LogP contribution >= 0.6 is 11.8 Å². The zero-order valence-electron chi connectivity index (χ0n) is 11.0. The molecule has 96 valence electrons. The molecule has 0 amide bonds. The molecule has 2 nitrogen and oxygen atoms in total. The van der Waals surface area contributed by atoms with E-state index in [1.54, 1.807) is 6.20 Å². The third-order valence-corrected chi connectivity index (χ3v) is 4.16. The van der Waals surface area contributed by atoms with Gasteiger partial charge in [0.2, 0.25) is 0 Å². The third-order valence-electron chi connectivity index (χ3n) is 3.17. The minimum atomic E-state index is 0.658. The summed E-state index contributed by atoms with van der Waals surface area (Å²) in [5.41, 5.74) is 1.62. The molecule has 0 radical (unpaired) electrons. The zero-order valence-corrected chi connectivity index (χ0v) is 11.8. The Labute approximate surface area is 122 Å². The Hall–Kier alpha value is -2.31. The summed E-state index contributed by atoms with van der Waals surface area (Å²) in [6, 6.07) is 18.6. The summed E-state index contributed by atoms with van der Waals surface area (Å²) in [6.45, 7) is 1.94. The van der Waals surface area contributed by atoms with E-state index >= 15 is 0 Å². The Balaban J connectivity index is 2.02. The van der Waals surface area contributed by atoms with Gasteiger partial charge in [-0.15, -0.1) is 0 Å². The van der Waals surface area contributed by atoms with Gasteiger partial charge in [0, 0.05) is 11.1 Å². The van der Waals surface area contributed by atoms with Crippen molar-refractivity contribution in [2.75, 3.05) is 0 Å². The second-order valence-corrected chi connectivity index (χ2v) is 5.59. The number of rotatable bonds is 2. The Morgan fingerprint density at radius 1 is 1.05 bits per heavy atom. The van der Waals surface area contributed by atoms with Crippen LogP contribution in [0.5, 0.6) is 0 Å². The number of aryl methyl sites for hydroxylation is 1. The smallest absolute Gasteiger partial charge is 0.119 e. The molecule has 1 heterocycles. The van der Waals surface area contributed by atoms with Crippen LogP contribution in [0.25, 0.3) is 10.8 Å². The van der Waals surface area contributed by atoms with Gasteiger partial charge < -0.3 is 0 Å². The van der Waals surface area contributed by atoms with E-state index < -0.39 is 0 Å².